The Hall–Kier alpha value is -0.170. The number of aliphatic hydroxyl groups excluding tert-OH is 1. The first-order valence-corrected chi connectivity index (χ1v) is 6.45. The molecule has 4 nitrogen and oxygen atoms in total. The molecule has 0 aliphatic heterocycles. The lowest BCUT2D eigenvalue weighted by atomic mass is 10.3. The molecule has 0 aliphatic carbocycles. The van der Waals surface area contributed by atoms with Crippen molar-refractivity contribution >= 4 is 23.3 Å². The summed E-state index contributed by atoms with van der Waals surface area (Å²) in [5.41, 5.74) is 0. The van der Waals surface area contributed by atoms with Crippen LogP contribution in [0.4, 0.5) is 0 Å². The lowest BCUT2D eigenvalue weighted by molar-refractivity contribution is 0.196. The van der Waals surface area contributed by atoms with E-state index in [0.717, 1.165) is 16.6 Å². The molecule has 1 aromatic rings. The number of hydrogen-bond donors (Lipinski definition) is 1. The lowest BCUT2D eigenvalue weighted by Gasteiger charge is -2.10. The zero-order valence-corrected chi connectivity index (χ0v) is 10.8. The third kappa shape index (κ3) is 4.46. The molecule has 1 aromatic heterocycles. The fourth-order valence-corrected chi connectivity index (χ4v) is 2.71. The molecule has 0 aliphatic rings. The number of aliphatic hydroxyl groups is 1. The van der Waals surface area contributed by atoms with Gasteiger partial charge in [-0.05, 0) is 18.5 Å². The number of methoxy groups -OCH3 is 1. The SMILES string of the molecule is COCCc1nsc(SC(C)C(C)O)n1. The Bertz CT molecular complexity index is 291. The summed E-state index contributed by atoms with van der Waals surface area (Å²) in [6.07, 6.45) is 0.415. The van der Waals surface area contributed by atoms with Crippen LogP contribution >= 0.6 is 23.3 Å². The van der Waals surface area contributed by atoms with Gasteiger partial charge in [-0.25, -0.2) is 4.98 Å². The first kappa shape index (κ1) is 12.9. The Morgan fingerprint density at radius 3 is 2.87 bits per heavy atom. The number of thioether (sulfide) groups is 1. The minimum Gasteiger partial charge on any atom is -0.392 e. The molecule has 1 heterocycles. The van der Waals surface area contributed by atoms with Crippen LogP contribution in [0.1, 0.15) is 19.7 Å². The predicted molar refractivity (Wildman–Crippen MR) is 62.5 cm³/mol. The summed E-state index contributed by atoms with van der Waals surface area (Å²) < 4.78 is 10.1. The summed E-state index contributed by atoms with van der Waals surface area (Å²) in [6, 6.07) is 0. The van der Waals surface area contributed by atoms with Crippen molar-refractivity contribution < 1.29 is 9.84 Å². The Balaban J connectivity index is 2.45. The number of aromatic nitrogens is 2. The maximum Gasteiger partial charge on any atom is 0.170 e. The molecule has 0 spiro atoms. The standard InChI is InChI=1S/C9H16N2O2S2/c1-6(12)7(2)14-9-10-8(11-15-9)4-5-13-3/h6-7,12H,4-5H2,1-3H3. The Morgan fingerprint density at radius 1 is 1.53 bits per heavy atom. The van der Waals surface area contributed by atoms with Gasteiger partial charge in [0.2, 0.25) is 0 Å². The molecule has 0 radical (unpaired) electrons. The molecule has 1 rings (SSSR count). The number of rotatable bonds is 6. The van der Waals surface area contributed by atoms with Gasteiger partial charge < -0.3 is 9.84 Å². The summed E-state index contributed by atoms with van der Waals surface area (Å²) in [5, 5.41) is 9.49. The molecule has 0 bridgehead atoms. The van der Waals surface area contributed by atoms with E-state index >= 15 is 0 Å². The average molecular weight is 248 g/mol. The molecule has 2 atom stereocenters. The highest BCUT2D eigenvalue weighted by atomic mass is 32.2. The van der Waals surface area contributed by atoms with Gasteiger partial charge in [0.05, 0.1) is 12.7 Å². The maximum absolute atomic E-state index is 9.35. The molecule has 0 saturated heterocycles. The van der Waals surface area contributed by atoms with Crippen LogP contribution in [0.25, 0.3) is 0 Å². The van der Waals surface area contributed by atoms with Crippen LogP contribution in [-0.4, -0.2) is 39.5 Å². The zero-order valence-electron chi connectivity index (χ0n) is 9.14. The maximum atomic E-state index is 9.35. The third-order valence-electron chi connectivity index (χ3n) is 1.95. The van der Waals surface area contributed by atoms with Crippen LogP contribution in [0.5, 0.6) is 0 Å². The second kappa shape index (κ2) is 6.42. The quantitative estimate of drug-likeness (QED) is 0.775. The lowest BCUT2D eigenvalue weighted by Crippen LogP contribution is -2.14. The first-order valence-electron chi connectivity index (χ1n) is 4.79. The molecule has 0 amide bonds. The van der Waals surface area contributed by atoms with Crippen LogP contribution in [0, 0.1) is 0 Å². The van der Waals surface area contributed by atoms with Crippen LogP contribution in [0.2, 0.25) is 0 Å². The Morgan fingerprint density at radius 2 is 2.27 bits per heavy atom. The van der Waals surface area contributed by atoms with E-state index in [9.17, 15) is 5.11 Å². The van der Waals surface area contributed by atoms with E-state index in [1.165, 1.54) is 11.5 Å². The van der Waals surface area contributed by atoms with E-state index < -0.39 is 0 Å². The summed E-state index contributed by atoms with van der Waals surface area (Å²) in [6.45, 7) is 4.41. The molecule has 6 heteroatoms. The first-order chi connectivity index (χ1) is 7.13. The van der Waals surface area contributed by atoms with Crippen LogP contribution < -0.4 is 0 Å². The minimum atomic E-state index is -0.332. The second-order valence-corrected chi connectivity index (χ2v) is 5.66. The molecule has 0 fully saturated rings. The van der Waals surface area contributed by atoms with Crippen LogP contribution in [-0.2, 0) is 11.2 Å². The highest BCUT2D eigenvalue weighted by Crippen LogP contribution is 2.26. The monoisotopic (exact) mass is 248 g/mol. The van der Waals surface area contributed by atoms with Gasteiger partial charge in [0, 0.05) is 18.8 Å². The van der Waals surface area contributed by atoms with Gasteiger partial charge in [0.15, 0.2) is 4.34 Å². The van der Waals surface area contributed by atoms with E-state index in [1.54, 1.807) is 25.8 Å². The molecule has 15 heavy (non-hydrogen) atoms. The van der Waals surface area contributed by atoms with Crippen molar-refractivity contribution in [1.29, 1.82) is 0 Å². The highest BCUT2D eigenvalue weighted by Gasteiger charge is 2.13. The van der Waals surface area contributed by atoms with Gasteiger partial charge in [0.1, 0.15) is 5.82 Å². The van der Waals surface area contributed by atoms with E-state index in [1.807, 2.05) is 6.92 Å². The number of nitrogens with zero attached hydrogens (tertiary/aromatic N) is 2. The molecule has 0 aromatic carbocycles. The van der Waals surface area contributed by atoms with E-state index in [-0.39, 0.29) is 11.4 Å². The molecule has 1 N–H and O–H groups in total. The molecular weight excluding hydrogens is 232 g/mol. The van der Waals surface area contributed by atoms with E-state index in [2.05, 4.69) is 9.36 Å². The van der Waals surface area contributed by atoms with Gasteiger partial charge in [-0.3, -0.25) is 0 Å². The summed E-state index contributed by atoms with van der Waals surface area (Å²) in [5.74, 6) is 0.821. The van der Waals surface area contributed by atoms with Crippen molar-refractivity contribution in [2.75, 3.05) is 13.7 Å². The Kier molecular flexibility index (Phi) is 5.52. The average Bonchev–Trinajstić information content (AvgIpc) is 2.62. The van der Waals surface area contributed by atoms with Gasteiger partial charge in [0.25, 0.3) is 0 Å². The highest BCUT2D eigenvalue weighted by molar-refractivity contribution is 8.01. The normalized spacial score (nSPS) is 15.2. The largest absolute Gasteiger partial charge is 0.392 e. The van der Waals surface area contributed by atoms with E-state index in [4.69, 9.17) is 4.74 Å². The zero-order chi connectivity index (χ0) is 11.3. The van der Waals surface area contributed by atoms with Crippen molar-refractivity contribution in [2.24, 2.45) is 0 Å². The fraction of sp³-hybridized carbons (Fsp3) is 0.778. The van der Waals surface area contributed by atoms with Crippen LogP contribution in [0.3, 0.4) is 0 Å². The van der Waals surface area contributed by atoms with Crippen molar-refractivity contribution in [2.45, 2.75) is 36.0 Å². The van der Waals surface area contributed by atoms with Gasteiger partial charge in [-0.1, -0.05) is 18.7 Å². The van der Waals surface area contributed by atoms with Crippen molar-refractivity contribution in [3.05, 3.63) is 5.82 Å². The van der Waals surface area contributed by atoms with Gasteiger partial charge >= 0.3 is 0 Å². The van der Waals surface area contributed by atoms with Crippen molar-refractivity contribution in [3.63, 3.8) is 0 Å². The minimum absolute atomic E-state index is 0.147. The second-order valence-electron chi connectivity index (χ2n) is 3.28. The smallest absolute Gasteiger partial charge is 0.170 e. The topological polar surface area (TPSA) is 55.2 Å². The number of ether oxygens (including phenoxy) is 1. The molecular formula is C9H16N2O2S2. The molecule has 86 valence electrons. The van der Waals surface area contributed by atoms with Crippen molar-refractivity contribution in [1.82, 2.24) is 9.36 Å². The number of hydrogen-bond acceptors (Lipinski definition) is 6. The Labute approximate surface area is 98.2 Å². The summed E-state index contributed by atoms with van der Waals surface area (Å²) in [4.78, 5) is 4.35. The van der Waals surface area contributed by atoms with Gasteiger partial charge in [-0.2, -0.15) is 4.37 Å². The van der Waals surface area contributed by atoms with E-state index in [0.29, 0.717) is 6.61 Å². The third-order valence-corrected chi connectivity index (χ3v) is 4.07. The summed E-state index contributed by atoms with van der Waals surface area (Å²) >= 11 is 2.94. The predicted octanol–water partition coefficient (Wildman–Crippen LogP) is 1.59. The molecule has 2 unspecified atom stereocenters. The van der Waals surface area contributed by atoms with Crippen LogP contribution in [0.15, 0.2) is 4.34 Å². The molecule has 0 saturated carbocycles. The van der Waals surface area contributed by atoms with Crippen molar-refractivity contribution in [3.8, 4) is 0 Å². The fourth-order valence-electron chi connectivity index (χ4n) is 0.838. The summed E-state index contributed by atoms with van der Waals surface area (Å²) in [7, 11) is 1.66. The van der Waals surface area contributed by atoms with Gasteiger partial charge in [-0.15, -0.1) is 0 Å².